The molecule has 0 fully saturated rings. The molecule has 0 bridgehead atoms. The van der Waals surface area contributed by atoms with Crippen molar-refractivity contribution in [2.45, 2.75) is 13.1 Å². The number of thiophene rings is 2. The van der Waals surface area contributed by atoms with Crippen LogP contribution in [0.2, 0.25) is 0 Å². The summed E-state index contributed by atoms with van der Waals surface area (Å²) in [6.07, 6.45) is 0. The molecule has 22 heavy (non-hydrogen) atoms. The van der Waals surface area contributed by atoms with Gasteiger partial charge in [0.05, 0.1) is 30.1 Å². The number of nitriles is 1. The van der Waals surface area contributed by atoms with E-state index < -0.39 is 0 Å². The third-order valence-corrected chi connectivity index (χ3v) is 4.92. The minimum atomic E-state index is 0.0395. The molecule has 0 radical (unpaired) electrons. The summed E-state index contributed by atoms with van der Waals surface area (Å²) < 4.78 is 1.77. The Hall–Kier alpha value is -2.14. The molecule has 3 aromatic rings. The van der Waals surface area contributed by atoms with Crippen LogP contribution in [-0.2, 0) is 13.1 Å². The lowest BCUT2D eigenvalue weighted by atomic mass is 10.3. The number of aliphatic hydroxyl groups excluding tert-OH is 1. The molecule has 0 amide bonds. The minimum Gasteiger partial charge on any atom is -0.394 e. The van der Waals surface area contributed by atoms with E-state index in [4.69, 9.17) is 5.26 Å². The molecule has 0 aliphatic rings. The SMILES string of the molecule is N#Cc1csc(CNc2cc(-c3cccs3)nn2CCO)c1. The Labute approximate surface area is 136 Å². The summed E-state index contributed by atoms with van der Waals surface area (Å²) in [4.78, 5) is 2.19. The van der Waals surface area contributed by atoms with Crippen molar-refractivity contribution < 1.29 is 5.11 Å². The van der Waals surface area contributed by atoms with Gasteiger partial charge in [-0.15, -0.1) is 22.7 Å². The Morgan fingerprint density at radius 3 is 2.95 bits per heavy atom. The van der Waals surface area contributed by atoms with Gasteiger partial charge >= 0.3 is 0 Å². The first-order chi connectivity index (χ1) is 10.8. The third kappa shape index (κ3) is 3.20. The Kier molecular flexibility index (Phi) is 4.53. The molecule has 0 spiro atoms. The van der Waals surface area contributed by atoms with Gasteiger partial charge in [-0.3, -0.25) is 0 Å². The number of hydrogen-bond acceptors (Lipinski definition) is 6. The fourth-order valence-corrected chi connectivity index (χ4v) is 3.51. The number of rotatable bonds is 6. The molecule has 3 rings (SSSR count). The zero-order valence-corrected chi connectivity index (χ0v) is 13.3. The lowest BCUT2D eigenvalue weighted by Gasteiger charge is -2.07. The van der Waals surface area contributed by atoms with Crippen molar-refractivity contribution in [2.75, 3.05) is 11.9 Å². The summed E-state index contributed by atoms with van der Waals surface area (Å²) in [5.74, 6) is 0.865. The summed E-state index contributed by atoms with van der Waals surface area (Å²) >= 11 is 3.19. The van der Waals surface area contributed by atoms with Crippen molar-refractivity contribution in [2.24, 2.45) is 0 Å². The van der Waals surface area contributed by atoms with Gasteiger partial charge in [-0.05, 0) is 17.5 Å². The van der Waals surface area contributed by atoms with Gasteiger partial charge in [0.15, 0.2) is 0 Å². The Bertz CT molecular complexity index is 783. The number of aliphatic hydroxyl groups is 1. The van der Waals surface area contributed by atoms with Gasteiger partial charge in [0.2, 0.25) is 0 Å². The first-order valence-corrected chi connectivity index (χ1v) is 8.50. The maximum absolute atomic E-state index is 9.18. The van der Waals surface area contributed by atoms with Crippen LogP contribution in [0.5, 0.6) is 0 Å². The van der Waals surface area contributed by atoms with E-state index in [9.17, 15) is 5.11 Å². The second-order valence-corrected chi connectivity index (χ2v) is 6.55. The zero-order valence-electron chi connectivity index (χ0n) is 11.7. The molecule has 5 nitrogen and oxygen atoms in total. The van der Waals surface area contributed by atoms with Crippen LogP contribution in [0, 0.1) is 11.3 Å². The average molecular weight is 330 g/mol. The van der Waals surface area contributed by atoms with Gasteiger partial charge in [-0.2, -0.15) is 10.4 Å². The normalized spacial score (nSPS) is 10.5. The highest BCUT2D eigenvalue weighted by molar-refractivity contribution is 7.13. The van der Waals surface area contributed by atoms with Gasteiger partial charge in [-0.25, -0.2) is 4.68 Å². The molecule has 2 N–H and O–H groups in total. The first-order valence-electron chi connectivity index (χ1n) is 6.74. The minimum absolute atomic E-state index is 0.0395. The number of nitrogens with one attached hydrogen (secondary N) is 1. The molecule has 112 valence electrons. The van der Waals surface area contributed by atoms with E-state index >= 15 is 0 Å². The molecule has 0 saturated heterocycles. The summed E-state index contributed by atoms with van der Waals surface area (Å²) in [7, 11) is 0. The van der Waals surface area contributed by atoms with Crippen LogP contribution >= 0.6 is 22.7 Å². The van der Waals surface area contributed by atoms with Crippen LogP contribution in [0.1, 0.15) is 10.4 Å². The lowest BCUT2D eigenvalue weighted by Crippen LogP contribution is -2.09. The number of hydrogen-bond donors (Lipinski definition) is 2. The highest BCUT2D eigenvalue weighted by Crippen LogP contribution is 2.26. The van der Waals surface area contributed by atoms with Gasteiger partial charge in [-0.1, -0.05) is 6.07 Å². The van der Waals surface area contributed by atoms with Crippen LogP contribution in [0.25, 0.3) is 10.6 Å². The molecular weight excluding hydrogens is 316 g/mol. The van der Waals surface area contributed by atoms with Crippen LogP contribution in [0.4, 0.5) is 5.82 Å². The predicted octanol–water partition coefficient (Wildman–Crippen LogP) is 3.15. The van der Waals surface area contributed by atoms with Gasteiger partial charge in [0, 0.05) is 16.3 Å². The van der Waals surface area contributed by atoms with E-state index in [1.54, 1.807) is 27.4 Å². The predicted molar refractivity (Wildman–Crippen MR) is 89.0 cm³/mol. The molecule has 0 aliphatic carbocycles. The van der Waals surface area contributed by atoms with Crippen molar-refractivity contribution in [3.8, 4) is 16.6 Å². The Balaban J connectivity index is 1.78. The second kappa shape index (κ2) is 6.75. The van der Waals surface area contributed by atoms with Crippen molar-refractivity contribution in [1.82, 2.24) is 9.78 Å². The van der Waals surface area contributed by atoms with E-state index in [0.29, 0.717) is 18.7 Å². The Morgan fingerprint density at radius 1 is 1.36 bits per heavy atom. The van der Waals surface area contributed by atoms with Crippen LogP contribution in [0.15, 0.2) is 35.0 Å². The van der Waals surface area contributed by atoms with E-state index in [0.717, 1.165) is 21.3 Å². The number of aromatic nitrogens is 2. The molecule has 0 saturated carbocycles. The quantitative estimate of drug-likeness (QED) is 0.728. The second-order valence-electron chi connectivity index (χ2n) is 4.61. The van der Waals surface area contributed by atoms with Crippen LogP contribution in [-0.4, -0.2) is 21.5 Å². The maximum atomic E-state index is 9.18. The first kappa shape index (κ1) is 14.8. The molecule has 0 aromatic carbocycles. The standard InChI is InChI=1S/C15H14N4OS2/c16-8-11-6-12(22-10-11)9-17-15-7-13(14-2-1-5-21-14)18-19(15)3-4-20/h1-2,5-7,10,17,20H,3-4,9H2. The fourth-order valence-electron chi connectivity index (χ4n) is 2.08. The largest absolute Gasteiger partial charge is 0.394 e. The van der Waals surface area contributed by atoms with E-state index in [1.165, 1.54) is 0 Å². The lowest BCUT2D eigenvalue weighted by molar-refractivity contribution is 0.270. The summed E-state index contributed by atoms with van der Waals surface area (Å²) in [5, 5.41) is 29.8. The monoisotopic (exact) mass is 330 g/mol. The van der Waals surface area contributed by atoms with E-state index in [2.05, 4.69) is 16.5 Å². The van der Waals surface area contributed by atoms with E-state index in [-0.39, 0.29) is 6.61 Å². The van der Waals surface area contributed by atoms with E-state index in [1.807, 2.05) is 35.0 Å². The maximum Gasteiger partial charge on any atom is 0.125 e. The fraction of sp³-hybridized carbons (Fsp3) is 0.200. The number of nitrogens with zero attached hydrogens (tertiary/aromatic N) is 3. The summed E-state index contributed by atoms with van der Waals surface area (Å²) in [6.45, 7) is 1.12. The highest BCUT2D eigenvalue weighted by Gasteiger charge is 2.10. The Morgan fingerprint density at radius 2 is 2.27 bits per heavy atom. The molecule has 3 aromatic heterocycles. The smallest absolute Gasteiger partial charge is 0.125 e. The average Bonchev–Trinajstić information content (AvgIpc) is 3.26. The number of anilines is 1. The van der Waals surface area contributed by atoms with Gasteiger partial charge < -0.3 is 10.4 Å². The van der Waals surface area contributed by atoms with Gasteiger partial charge in [0.25, 0.3) is 0 Å². The van der Waals surface area contributed by atoms with Crippen LogP contribution in [0.3, 0.4) is 0 Å². The van der Waals surface area contributed by atoms with Crippen molar-refractivity contribution >= 4 is 28.5 Å². The summed E-state index contributed by atoms with van der Waals surface area (Å²) in [5.41, 5.74) is 1.58. The van der Waals surface area contributed by atoms with Crippen molar-refractivity contribution in [3.05, 3.63) is 45.5 Å². The summed E-state index contributed by atoms with van der Waals surface area (Å²) in [6, 6.07) is 10.0. The molecule has 0 atom stereocenters. The molecule has 3 heterocycles. The molecule has 0 aliphatic heterocycles. The van der Waals surface area contributed by atoms with Gasteiger partial charge in [0.1, 0.15) is 17.6 Å². The highest BCUT2D eigenvalue weighted by atomic mass is 32.1. The van der Waals surface area contributed by atoms with Crippen molar-refractivity contribution in [1.29, 1.82) is 5.26 Å². The molecule has 0 unspecified atom stereocenters. The van der Waals surface area contributed by atoms with Crippen molar-refractivity contribution in [3.63, 3.8) is 0 Å². The van der Waals surface area contributed by atoms with Crippen LogP contribution < -0.4 is 5.32 Å². The topological polar surface area (TPSA) is 73.9 Å². The molecule has 7 heteroatoms. The third-order valence-electron chi connectivity index (χ3n) is 3.09. The molecular formula is C15H14N4OS2. The zero-order chi connectivity index (χ0) is 15.4.